The van der Waals surface area contributed by atoms with Crippen molar-refractivity contribution in [1.29, 1.82) is 0 Å². The van der Waals surface area contributed by atoms with E-state index in [4.69, 9.17) is 5.73 Å². The number of piperidine rings is 1. The smallest absolute Gasteiger partial charge is 0.0105 e. The molecule has 13 heavy (non-hydrogen) atoms. The molecule has 0 aromatic rings. The largest absolute Gasteiger partial charge is 0.330 e. The Labute approximate surface area is 80.5 Å². The summed E-state index contributed by atoms with van der Waals surface area (Å²) >= 11 is 0. The lowest BCUT2D eigenvalue weighted by molar-refractivity contribution is 0.0983. The summed E-state index contributed by atoms with van der Waals surface area (Å²) < 4.78 is 0. The molecule has 3 rings (SSSR count). The van der Waals surface area contributed by atoms with Gasteiger partial charge < -0.3 is 5.73 Å². The molecule has 2 heteroatoms. The van der Waals surface area contributed by atoms with Gasteiger partial charge in [0.25, 0.3) is 0 Å². The van der Waals surface area contributed by atoms with Crippen LogP contribution >= 0.6 is 0 Å². The molecule has 2 aliphatic heterocycles. The number of hydrogen-bond donors (Lipinski definition) is 1. The molecular formula is C11H20N2. The molecule has 1 aliphatic carbocycles. The first kappa shape index (κ1) is 8.25. The van der Waals surface area contributed by atoms with E-state index < -0.39 is 0 Å². The molecule has 0 spiro atoms. The number of rotatable bonds is 2. The monoisotopic (exact) mass is 180 g/mol. The lowest BCUT2D eigenvalue weighted by Gasteiger charge is -2.38. The summed E-state index contributed by atoms with van der Waals surface area (Å²) in [6, 6.07) is 2.82. The number of fused-ring (bicyclic) bond motifs is 2. The van der Waals surface area contributed by atoms with Crippen LogP contribution < -0.4 is 5.73 Å². The zero-order chi connectivity index (χ0) is 8.84. The second-order valence-corrected chi connectivity index (χ2v) is 5.14. The van der Waals surface area contributed by atoms with E-state index in [0.717, 1.165) is 30.6 Å². The van der Waals surface area contributed by atoms with E-state index >= 15 is 0 Å². The van der Waals surface area contributed by atoms with Crippen molar-refractivity contribution < 1.29 is 0 Å². The van der Waals surface area contributed by atoms with Gasteiger partial charge in [-0.05, 0) is 51.0 Å². The Morgan fingerprint density at radius 1 is 0.923 bits per heavy atom. The Kier molecular flexibility index (Phi) is 1.88. The van der Waals surface area contributed by atoms with E-state index in [1.165, 1.54) is 38.5 Å². The highest BCUT2D eigenvalue weighted by atomic mass is 15.3. The van der Waals surface area contributed by atoms with Crippen LogP contribution in [0.2, 0.25) is 0 Å². The minimum Gasteiger partial charge on any atom is -0.330 e. The van der Waals surface area contributed by atoms with E-state index in [1.54, 1.807) is 0 Å². The average molecular weight is 180 g/mol. The van der Waals surface area contributed by atoms with Gasteiger partial charge in [0.15, 0.2) is 0 Å². The number of nitrogens with two attached hydrogens (primary N) is 1. The van der Waals surface area contributed by atoms with Crippen LogP contribution in [0.3, 0.4) is 0 Å². The summed E-state index contributed by atoms with van der Waals surface area (Å²) in [6.07, 6.45) is 8.64. The fourth-order valence-electron chi connectivity index (χ4n) is 3.49. The van der Waals surface area contributed by atoms with Gasteiger partial charge in [-0.3, -0.25) is 4.90 Å². The van der Waals surface area contributed by atoms with Crippen molar-refractivity contribution in [2.24, 2.45) is 11.7 Å². The highest BCUT2D eigenvalue weighted by molar-refractivity contribution is 5.01. The zero-order valence-electron chi connectivity index (χ0n) is 8.28. The highest BCUT2D eigenvalue weighted by Gasteiger charge is 2.46. The van der Waals surface area contributed by atoms with Crippen LogP contribution in [0.15, 0.2) is 0 Å². The highest BCUT2D eigenvalue weighted by Crippen LogP contribution is 2.44. The molecule has 1 saturated carbocycles. The first-order valence-corrected chi connectivity index (χ1v) is 5.86. The van der Waals surface area contributed by atoms with E-state index in [1.807, 2.05) is 0 Å². The molecule has 2 nitrogen and oxygen atoms in total. The van der Waals surface area contributed by atoms with Crippen LogP contribution in [-0.2, 0) is 0 Å². The second-order valence-electron chi connectivity index (χ2n) is 5.14. The van der Waals surface area contributed by atoms with Crippen LogP contribution in [0, 0.1) is 5.92 Å². The standard InChI is InChI=1S/C11H20N2/c12-7-8-5-10-3-4-11(6-8)13(10)9-1-2-9/h8-11H,1-7,12H2/t10-,11-/m0/s1. The van der Waals surface area contributed by atoms with Crippen molar-refractivity contribution >= 4 is 0 Å². The average Bonchev–Trinajstić information content (AvgIpc) is 2.95. The van der Waals surface area contributed by atoms with Gasteiger partial charge in [-0.2, -0.15) is 0 Å². The molecule has 2 heterocycles. The van der Waals surface area contributed by atoms with Crippen molar-refractivity contribution in [3.63, 3.8) is 0 Å². The Balaban J connectivity index is 1.73. The minimum atomic E-state index is 0.840. The van der Waals surface area contributed by atoms with Crippen LogP contribution in [0.1, 0.15) is 38.5 Å². The molecule has 0 amide bonds. The first-order valence-electron chi connectivity index (χ1n) is 5.86. The third-order valence-electron chi connectivity index (χ3n) is 4.19. The fraction of sp³-hybridized carbons (Fsp3) is 1.00. The summed E-state index contributed by atoms with van der Waals surface area (Å²) in [7, 11) is 0. The summed E-state index contributed by atoms with van der Waals surface area (Å²) in [5.74, 6) is 0.840. The lowest BCUT2D eigenvalue weighted by atomic mass is 9.91. The SMILES string of the molecule is NCC1C[C@@H]2CC[C@@H](C1)N2C1CC1. The molecule has 0 aromatic heterocycles. The van der Waals surface area contributed by atoms with Crippen molar-refractivity contribution in [2.75, 3.05) is 6.54 Å². The van der Waals surface area contributed by atoms with Gasteiger partial charge >= 0.3 is 0 Å². The maximum atomic E-state index is 5.77. The van der Waals surface area contributed by atoms with E-state index in [0.29, 0.717) is 0 Å². The molecular weight excluding hydrogens is 160 g/mol. The van der Waals surface area contributed by atoms with Crippen molar-refractivity contribution in [3.8, 4) is 0 Å². The third kappa shape index (κ3) is 1.31. The molecule has 2 atom stereocenters. The quantitative estimate of drug-likeness (QED) is 0.695. The lowest BCUT2D eigenvalue weighted by Crippen LogP contribution is -2.45. The van der Waals surface area contributed by atoms with Gasteiger partial charge in [0.05, 0.1) is 0 Å². The number of hydrogen-bond acceptors (Lipinski definition) is 2. The van der Waals surface area contributed by atoms with Crippen LogP contribution in [-0.4, -0.2) is 29.6 Å². The maximum Gasteiger partial charge on any atom is 0.0105 e. The first-order chi connectivity index (χ1) is 6.38. The molecule has 2 bridgehead atoms. The van der Waals surface area contributed by atoms with Gasteiger partial charge in [-0.25, -0.2) is 0 Å². The van der Waals surface area contributed by atoms with Crippen molar-refractivity contribution in [1.82, 2.24) is 4.90 Å². The van der Waals surface area contributed by atoms with Crippen molar-refractivity contribution in [2.45, 2.75) is 56.7 Å². The Morgan fingerprint density at radius 3 is 1.92 bits per heavy atom. The summed E-state index contributed by atoms with van der Waals surface area (Å²) in [4.78, 5) is 2.84. The van der Waals surface area contributed by atoms with Gasteiger partial charge in [0.2, 0.25) is 0 Å². The van der Waals surface area contributed by atoms with E-state index in [2.05, 4.69) is 4.90 Å². The summed E-state index contributed by atoms with van der Waals surface area (Å²) in [5, 5.41) is 0. The predicted molar refractivity (Wildman–Crippen MR) is 53.4 cm³/mol. The molecule has 2 N–H and O–H groups in total. The summed E-state index contributed by atoms with van der Waals surface area (Å²) in [6.45, 7) is 0.922. The van der Waals surface area contributed by atoms with Crippen LogP contribution in [0.25, 0.3) is 0 Å². The fourth-order valence-corrected chi connectivity index (χ4v) is 3.49. The predicted octanol–water partition coefficient (Wildman–Crippen LogP) is 1.35. The molecule has 74 valence electrons. The van der Waals surface area contributed by atoms with E-state index in [9.17, 15) is 0 Å². The van der Waals surface area contributed by atoms with E-state index in [-0.39, 0.29) is 0 Å². The Hall–Kier alpha value is -0.0800. The van der Waals surface area contributed by atoms with Gasteiger partial charge in [-0.15, -0.1) is 0 Å². The van der Waals surface area contributed by atoms with Gasteiger partial charge in [0, 0.05) is 18.1 Å². The van der Waals surface area contributed by atoms with Crippen LogP contribution in [0.5, 0.6) is 0 Å². The van der Waals surface area contributed by atoms with Gasteiger partial charge in [-0.1, -0.05) is 0 Å². The van der Waals surface area contributed by atoms with Crippen molar-refractivity contribution in [3.05, 3.63) is 0 Å². The number of nitrogens with zero attached hydrogens (tertiary/aromatic N) is 1. The third-order valence-corrected chi connectivity index (χ3v) is 4.19. The van der Waals surface area contributed by atoms with Gasteiger partial charge in [0.1, 0.15) is 0 Å². The minimum absolute atomic E-state index is 0.840. The molecule has 0 radical (unpaired) electrons. The Morgan fingerprint density at radius 2 is 1.46 bits per heavy atom. The zero-order valence-corrected chi connectivity index (χ0v) is 8.28. The molecule has 3 fully saturated rings. The normalized spacial score (nSPS) is 45.5. The maximum absolute atomic E-state index is 5.77. The molecule has 3 aliphatic rings. The van der Waals surface area contributed by atoms with Crippen LogP contribution in [0.4, 0.5) is 0 Å². The molecule has 0 unspecified atom stereocenters. The summed E-state index contributed by atoms with van der Waals surface area (Å²) in [5.41, 5.74) is 5.77. The molecule has 2 saturated heterocycles. The molecule has 0 aromatic carbocycles. The Bertz CT molecular complexity index is 186. The second kappa shape index (κ2) is 2.96. The topological polar surface area (TPSA) is 29.3 Å².